The molecule has 0 unspecified atom stereocenters. The maximum atomic E-state index is 11.3. The zero-order valence-corrected chi connectivity index (χ0v) is 17.3. The van der Waals surface area contributed by atoms with Crippen molar-refractivity contribution in [1.29, 1.82) is 0 Å². The molecule has 1 aliphatic heterocycles. The molecule has 3 heterocycles. The number of aryl methyl sites for hydroxylation is 2. The number of carboxylic acid groups (broad SMARTS) is 1. The second-order valence-electron chi connectivity index (χ2n) is 7.53. The van der Waals surface area contributed by atoms with E-state index in [0.29, 0.717) is 17.3 Å². The number of carboxylic acids is 1. The lowest BCUT2D eigenvalue weighted by molar-refractivity contribution is 0.0685. The first-order valence-electron chi connectivity index (χ1n) is 9.82. The molecule has 9 heteroatoms. The van der Waals surface area contributed by atoms with E-state index in [0.717, 1.165) is 31.9 Å². The van der Waals surface area contributed by atoms with Crippen LogP contribution in [0.3, 0.4) is 0 Å². The summed E-state index contributed by atoms with van der Waals surface area (Å²) in [5.74, 6) is -0.596. The summed E-state index contributed by atoms with van der Waals surface area (Å²) in [5.41, 5.74) is 4.49. The van der Waals surface area contributed by atoms with Crippen molar-refractivity contribution >= 4 is 23.3 Å². The number of benzene rings is 1. The maximum absolute atomic E-state index is 11.3. The van der Waals surface area contributed by atoms with Crippen molar-refractivity contribution in [2.24, 2.45) is 7.05 Å². The molecular weight excluding hydrogens is 382 g/mol. The highest BCUT2D eigenvalue weighted by atomic mass is 16.4. The van der Waals surface area contributed by atoms with Crippen LogP contribution in [0, 0.1) is 6.92 Å². The van der Waals surface area contributed by atoms with Crippen molar-refractivity contribution in [3.63, 3.8) is 0 Å². The first kappa shape index (κ1) is 19.8. The Bertz CT molecular complexity index is 1070. The van der Waals surface area contributed by atoms with Gasteiger partial charge in [0, 0.05) is 56.9 Å². The molecule has 9 nitrogen and oxygen atoms in total. The minimum absolute atomic E-state index is 0.105. The molecule has 2 N–H and O–H groups in total. The Morgan fingerprint density at radius 2 is 1.83 bits per heavy atom. The van der Waals surface area contributed by atoms with Gasteiger partial charge >= 0.3 is 5.97 Å². The fraction of sp³-hybridized carbons (Fsp3) is 0.333. The van der Waals surface area contributed by atoms with Crippen LogP contribution in [-0.2, 0) is 7.05 Å². The number of nitrogens with one attached hydrogen (secondary N) is 1. The predicted molar refractivity (Wildman–Crippen MR) is 115 cm³/mol. The van der Waals surface area contributed by atoms with Crippen molar-refractivity contribution in [2.75, 3.05) is 43.4 Å². The zero-order chi connectivity index (χ0) is 21.3. The van der Waals surface area contributed by atoms with Crippen LogP contribution in [0.25, 0.3) is 11.4 Å². The van der Waals surface area contributed by atoms with Crippen molar-refractivity contribution in [2.45, 2.75) is 6.92 Å². The fourth-order valence-electron chi connectivity index (χ4n) is 3.62. The van der Waals surface area contributed by atoms with Gasteiger partial charge in [-0.15, -0.1) is 0 Å². The van der Waals surface area contributed by atoms with Crippen molar-refractivity contribution in [3.05, 3.63) is 47.8 Å². The van der Waals surface area contributed by atoms with Crippen molar-refractivity contribution in [3.8, 4) is 11.4 Å². The minimum Gasteiger partial charge on any atom is -0.477 e. The molecule has 0 bridgehead atoms. The van der Waals surface area contributed by atoms with Crippen LogP contribution < -0.4 is 10.2 Å². The average Bonchev–Trinajstić information content (AvgIpc) is 3.11. The number of anilines is 3. The first-order valence-corrected chi connectivity index (χ1v) is 9.82. The van der Waals surface area contributed by atoms with Crippen LogP contribution in [0.2, 0.25) is 0 Å². The van der Waals surface area contributed by atoms with Gasteiger partial charge in [0.2, 0.25) is 5.95 Å². The van der Waals surface area contributed by atoms with Crippen molar-refractivity contribution < 1.29 is 9.90 Å². The lowest BCUT2D eigenvalue weighted by atomic mass is 10.1. The summed E-state index contributed by atoms with van der Waals surface area (Å²) in [6, 6.07) is 9.46. The van der Waals surface area contributed by atoms with E-state index in [1.807, 2.05) is 6.07 Å². The molecule has 0 aliphatic carbocycles. The van der Waals surface area contributed by atoms with E-state index < -0.39 is 5.97 Å². The van der Waals surface area contributed by atoms with Crippen LogP contribution in [-0.4, -0.2) is 69.0 Å². The number of piperazine rings is 1. The smallest absolute Gasteiger partial charge is 0.354 e. The summed E-state index contributed by atoms with van der Waals surface area (Å²) in [5, 5.41) is 16.7. The molecule has 4 rings (SSSR count). The Balaban J connectivity index is 1.52. The molecule has 0 amide bonds. The molecule has 3 aromatic rings. The largest absolute Gasteiger partial charge is 0.477 e. The number of hydrogen-bond donors (Lipinski definition) is 2. The number of likely N-dealkylation sites (N-methyl/N-ethyl adjacent to an activating group) is 1. The fourth-order valence-corrected chi connectivity index (χ4v) is 3.62. The second kappa shape index (κ2) is 8.11. The van der Waals surface area contributed by atoms with Crippen LogP contribution in [0.1, 0.15) is 16.1 Å². The molecule has 0 radical (unpaired) electrons. The van der Waals surface area contributed by atoms with Gasteiger partial charge < -0.3 is 20.2 Å². The van der Waals surface area contributed by atoms with Gasteiger partial charge in [0.25, 0.3) is 0 Å². The quantitative estimate of drug-likeness (QED) is 0.665. The molecule has 1 aliphatic rings. The third-order valence-electron chi connectivity index (χ3n) is 5.31. The van der Waals surface area contributed by atoms with E-state index in [1.54, 1.807) is 19.3 Å². The Labute approximate surface area is 175 Å². The number of aromatic nitrogens is 4. The monoisotopic (exact) mass is 407 g/mol. The van der Waals surface area contributed by atoms with Gasteiger partial charge in [0.15, 0.2) is 0 Å². The molecule has 0 atom stereocenters. The van der Waals surface area contributed by atoms with Gasteiger partial charge in [-0.25, -0.2) is 14.8 Å². The molecule has 0 saturated carbocycles. The molecule has 0 spiro atoms. The normalized spacial score (nSPS) is 14.7. The lowest BCUT2D eigenvalue weighted by Crippen LogP contribution is -2.44. The molecular formula is C21H25N7O2. The average molecular weight is 407 g/mol. The highest BCUT2D eigenvalue weighted by Gasteiger charge is 2.17. The second-order valence-corrected chi connectivity index (χ2v) is 7.53. The third-order valence-corrected chi connectivity index (χ3v) is 5.31. The number of rotatable bonds is 5. The first-order chi connectivity index (χ1) is 14.4. The Hall–Kier alpha value is -3.46. The molecule has 30 heavy (non-hydrogen) atoms. The highest BCUT2D eigenvalue weighted by Crippen LogP contribution is 2.26. The highest BCUT2D eigenvalue weighted by molar-refractivity contribution is 5.87. The predicted octanol–water partition coefficient (Wildman–Crippen LogP) is 2.38. The molecule has 2 aromatic heterocycles. The number of hydrogen-bond acceptors (Lipinski definition) is 7. The Morgan fingerprint density at radius 1 is 1.07 bits per heavy atom. The Kier molecular flexibility index (Phi) is 5.37. The van der Waals surface area contributed by atoms with Crippen LogP contribution in [0.4, 0.5) is 17.3 Å². The van der Waals surface area contributed by atoms with Crippen LogP contribution in [0.15, 0.2) is 36.5 Å². The lowest BCUT2D eigenvalue weighted by Gasteiger charge is -2.35. The minimum atomic E-state index is -1.03. The molecule has 1 fully saturated rings. The standard InChI is InChI=1S/C21H25N7O2/c1-14-12-15(4-5-18(14)28-10-8-26(2)9-11-28)23-21-22-7-6-16(24-21)17-13-19(20(29)30)27(3)25-17/h4-7,12-13H,8-11H2,1-3H3,(H,29,30)(H,22,23,24). The van der Waals surface area contributed by atoms with Gasteiger partial charge in [0.1, 0.15) is 11.4 Å². The molecule has 156 valence electrons. The van der Waals surface area contributed by atoms with E-state index in [1.165, 1.54) is 22.0 Å². The summed E-state index contributed by atoms with van der Waals surface area (Å²) in [6.45, 7) is 6.29. The summed E-state index contributed by atoms with van der Waals surface area (Å²) in [6.07, 6.45) is 1.63. The van der Waals surface area contributed by atoms with E-state index >= 15 is 0 Å². The van der Waals surface area contributed by atoms with E-state index in [9.17, 15) is 9.90 Å². The van der Waals surface area contributed by atoms with Gasteiger partial charge in [-0.3, -0.25) is 4.68 Å². The summed E-state index contributed by atoms with van der Waals surface area (Å²) < 4.78 is 1.33. The van der Waals surface area contributed by atoms with Gasteiger partial charge in [-0.1, -0.05) is 0 Å². The van der Waals surface area contributed by atoms with Gasteiger partial charge in [0.05, 0.1) is 5.69 Å². The van der Waals surface area contributed by atoms with E-state index in [2.05, 4.69) is 56.3 Å². The van der Waals surface area contributed by atoms with Crippen molar-refractivity contribution in [1.82, 2.24) is 24.6 Å². The summed E-state index contributed by atoms with van der Waals surface area (Å²) >= 11 is 0. The Morgan fingerprint density at radius 3 is 2.50 bits per heavy atom. The maximum Gasteiger partial charge on any atom is 0.354 e. The number of nitrogens with zero attached hydrogens (tertiary/aromatic N) is 6. The number of aromatic carboxylic acids is 1. The van der Waals surface area contributed by atoms with Gasteiger partial charge in [-0.2, -0.15) is 5.10 Å². The zero-order valence-electron chi connectivity index (χ0n) is 17.3. The number of carbonyl (C=O) groups is 1. The SMILES string of the molecule is Cc1cc(Nc2nccc(-c3cc(C(=O)O)n(C)n3)n2)ccc1N1CCN(C)CC1. The van der Waals surface area contributed by atoms with Crippen LogP contribution >= 0.6 is 0 Å². The van der Waals surface area contributed by atoms with Crippen LogP contribution in [0.5, 0.6) is 0 Å². The topological polar surface area (TPSA) is 99.4 Å². The summed E-state index contributed by atoms with van der Waals surface area (Å²) in [7, 11) is 3.75. The summed E-state index contributed by atoms with van der Waals surface area (Å²) in [4.78, 5) is 24.8. The molecule has 1 saturated heterocycles. The third kappa shape index (κ3) is 4.11. The van der Waals surface area contributed by atoms with E-state index in [4.69, 9.17) is 0 Å². The molecule has 1 aromatic carbocycles. The van der Waals surface area contributed by atoms with E-state index in [-0.39, 0.29) is 5.69 Å². The van der Waals surface area contributed by atoms with Gasteiger partial charge in [-0.05, 0) is 43.8 Å².